The molecule has 0 saturated heterocycles. The fourth-order valence-electron chi connectivity index (χ4n) is 2.04. The molecule has 1 aliphatic carbocycles. The molecule has 0 N–H and O–H groups in total. The average Bonchev–Trinajstić information content (AvgIpc) is 2.38. The van der Waals surface area contributed by atoms with Crippen molar-refractivity contribution in [2.24, 2.45) is 0 Å². The molecular formula is C14H9NO. The van der Waals surface area contributed by atoms with E-state index in [1.165, 1.54) is 11.8 Å². The third-order valence-corrected chi connectivity index (χ3v) is 2.82. The summed E-state index contributed by atoms with van der Waals surface area (Å²) in [5.41, 5.74) is 3.94. The maximum Gasteiger partial charge on any atom is 0.149 e. The Bertz CT molecular complexity index is 573. The van der Waals surface area contributed by atoms with E-state index in [1.54, 1.807) is 0 Å². The molecule has 2 heteroatoms. The summed E-state index contributed by atoms with van der Waals surface area (Å²) in [5.74, 6) is 0. The van der Waals surface area contributed by atoms with E-state index in [-0.39, 0.29) is 6.10 Å². The molecule has 0 spiro atoms. The molecule has 0 fully saturated rings. The summed E-state index contributed by atoms with van der Waals surface area (Å²) in [4.78, 5) is 0. The van der Waals surface area contributed by atoms with Crippen molar-refractivity contribution in [3.63, 3.8) is 0 Å². The van der Waals surface area contributed by atoms with Crippen molar-refractivity contribution in [1.29, 1.82) is 5.26 Å². The van der Waals surface area contributed by atoms with Crippen LogP contribution >= 0.6 is 0 Å². The molecule has 0 bridgehead atoms. The lowest BCUT2D eigenvalue weighted by molar-refractivity contribution is 0.175. The van der Waals surface area contributed by atoms with Crippen molar-refractivity contribution in [1.82, 2.24) is 0 Å². The van der Waals surface area contributed by atoms with E-state index < -0.39 is 0 Å². The van der Waals surface area contributed by atoms with Crippen molar-refractivity contribution in [3.05, 3.63) is 65.0 Å². The number of hydrogen-bond donors (Lipinski definition) is 0. The van der Waals surface area contributed by atoms with Crippen LogP contribution in [0.15, 0.2) is 53.8 Å². The lowest BCUT2D eigenvalue weighted by atomic mass is 9.89. The van der Waals surface area contributed by atoms with Crippen LogP contribution < -0.4 is 0 Å². The zero-order chi connectivity index (χ0) is 11.0. The number of nitriles is 1. The summed E-state index contributed by atoms with van der Waals surface area (Å²) in [6, 6.07) is 10.2. The molecule has 2 nitrogen and oxygen atoms in total. The van der Waals surface area contributed by atoms with Crippen LogP contribution in [-0.2, 0) is 4.74 Å². The first kappa shape index (κ1) is 8.99. The molecule has 1 aromatic rings. The fourth-order valence-corrected chi connectivity index (χ4v) is 2.04. The Morgan fingerprint density at radius 3 is 2.94 bits per heavy atom. The number of allylic oxidation sites excluding steroid dienone is 2. The molecule has 0 amide bonds. The van der Waals surface area contributed by atoms with Crippen LogP contribution in [0.1, 0.15) is 17.2 Å². The lowest BCUT2D eigenvalue weighted by Crippen LogP contribution is -2.11. The van der Waals surface area contributed by atoms with Crippen LogP contribution in [0.25, 0.3) is 6.08 Å². The van der Waals surface area contributed by atoms with Gasteiger partial charge in [0.1, 0.15) is 18.4 Å². The van der Waals surface area contributed by atoms with Gasteiger partial charge in [-0.3, -0.25) is 0 Å². The molecule has 0 radical (unpaired) electrons. The molecule has 1 unspecified atom stereocenters. The van der Waals surface area contributed by atoms with Gasteiger partial charge < -0.3 is 4.74 Å². The smallest absolute Gasteiger partial charge is 0.149 e. The van der Waals surface area contributed by atoms with Gasteiger partial charge in [0.25, 0.3) is 0 Å². The SMILES string of the molecule is N#CC1=COC2C(=C1)C=Cc1ccccc12. The van der Waals surface area contributed by atoms with Gasteiger partial charge in [0.2, 0.25) is 0 Å². The summed E-state index contributed by atoms with van der Waals surface area (Å²) in [6.45, 7) is 0. The normalized spacial score (nSPS) is 20.8. The number of benzene rings is 1. The van der Waals surface area contributed by atoms with E-state index in [0.717, 1.165) is 11.1 Å². The molecule has 0 saturated carbocycles. The van der Waals surface area contributed by atoms with Crippen LogP contribution in [0, 0.1) is 11.3 Å². The zero-order valence-corrected chi connectivity index (χ0v) is 8.55. The summed E-state index contributed by atoms with van der Waals surface area (Å²) < 4.78 is 5.61. The first-order chi connectivity index (χ1) is 7.88. The third kappa shape index (κ3) is 1.26. The predicted octanol–water partition coefficient (Wildman–Crippen LogP) is 3.12. The quantitative estimate of drug-likeness (QED) is 0.654. The second-order valence-corrected chi connectivity index (χ2v) is 3.81. The number of hydrogen-bond acceptors (Lipinski definition) is 2. The van der Waals surface area contributed by atoms with Gasteiger partial charge in [-0.25, -0.2) is 0 Å². The monoisotopic (exact) mass is 207 g/mol. The highest BCUT2D eigenvalue weighted by atomic mass is 16.5. The Morgan fingerprint density at radius 1 is 1.19 bits per heavy atom. The Kier molecular flexibility index (Phi) is 1.91. The highest BCUT2D eigenvalue weighted by molar-refractivity contribution is 5.65. The molecule has 2 aliphatic rings. The number of fused-ring (bicyclic) bond motifs is 3. The van der Waals surface area contributed by atoms with E-state index in [1.807, 2.05) is 24.3 Å². The Hall–Kier alpha value is -2.27. The van der Waals surface area contributed by atoms with Gasteiger partial charge in [-0.05, 0) is 17.2 Å². The average molecular weight is 207 g/mol. The Labute approximate surface area is 93.8 Å². The standard InChI is InChI=1S/C14H9NO/c15-8-10-7-12-6-5-11-3-1-2-4-13(11)14(12)16-9-10/h1-7,9,14H. The minimum Gasteiger partial charge on any atom is -0.487 e. The van der Waals surface area contributed by atoms with Crippen LogP contribution in [0.4, 0.5) is 0 Å². The van der Waals surface area contributed by atoms with Crippen LogP contribution in [0.2, 0.25) is 0 Å². The Morgan fingerprint density at radius 2 is 2.06 bits per heavy atom. The minimum absolute atomic E-state index is 0.0571. The van der Waals surface area contributed by atoms with E-state index >= 15 is 0 Å². The highest BCUT2D eigenvalue weighted by Gasteiger charge is 2.24. The van der Waals surface area contributed by atoms with Gasteiger partial charge in [0.15, 0.2) is 0 Å². The first-order valence-electron chi connectivity index (χ1n) is 5.13. The largest absolute Gasteiger partial charge is 0.487 e. The third-order valence-electron chi connectivity index (χ3n) is 2.82. The van der Waals surface area contributed by atoms with Gasteiger partial charge in [0, 0.05) is 5.56 Å². The summed E-state index contributed by atoms with van der Waals surface area (Å²) in [7, 11) is 0. The van der Waals surface area contributed by atoms with Crippen molar-refractivity contribution in [3.8, 4) is 6.07 Å². The number of ether oxygens (including phenoxy) is 1. The molecule has 1 aliphatic heterocycles. The molecule has 3 rings (SSSR count). The number of nitrogens with zero attached hydrogens (tertiary/aromatic N) is 1. The molecule has 76 valence electrons. The minimum atomic E-state index is -0.0571. The van der Waals surface area contributed by atoms with E-state index in [2.05, 4.69) is 24.3 Å². The highest BCUT2D eigenvalue weighted by Crippen LogP contribution is 2.37. The summed E-state index contributed by atoms with van der Waals surface area (Å²) >= 11 is 0. The molecule has 1 heterocycles. The zero-order valence-electron chi connectivity index (χ0n) is 8.55. The van der Waals surface area contributed by atoms with Crippen molar-refractivity contribution >= 4 is 6.08 Å². The van der Waals surface area contributed by atoms with E-state index in [9.17, 15) is 0 Å². The lowest BCUT2D eigenvalue weighted by Gasteiger charge is -2.26. The van der Waals surface area contributed by atoms with E-state index in [4.69, 9.17) is 10.00 Å². The number of rotatable bonds is 0. The first-order valence-corrected chi connectivity index (χ1v) is 5.13. The van der Waals surface area contributed by atoms with Crippen LogP contribution in [0.5, 0.6) is 0 Å². The van der Waals surface area contributed by atoms with Gasteiger partial charge >= 0.3 is 0 Å². The van der Waals surface area contributed by atoms with Crippen LogP contribution in [0.3, 0.4) is 0 Å². The maximum absolute atomic E-state index is 8.81. The maximum atomic E-state index is 8.81. The topological polar surface area (TPSA) is 33.0 Å². The van der Waals surface area contributed by atoms with Crippen molar-refractivity contribution in [2.45, 2.75) is 6.10 Å². The van der Waals surface area contributed by atoms with Gasteiger partial charge in [0.05, 0.1) is 5.57 Å². The fraction of sp³-hybridized carbons (Fsp3) is 0.0714. The molecule has 1 aromatic carbocycles. The van der Waals surface area contributed by atoms with Gasteiger partial charge in [-0.2, -0.15) is 5.26 Å². The van der Waals surface area contributed by atoms with E-state index in [0.29, 0.717) is 5.57 Å². The summed E-state index contributed by atoms with van der Waals surface area (Å²) in [6.07, 6.45) is 7.42. The van der Waals surface area contributed by atoms with Crippen LogP contribution in [-0.4, -0.2) is 0 Å². The van der Waals surface area contributed by atoms with Gasteiger partial charge in [-0.15, -0.1) is 0 Å². The molecule has 1 atom stereocenters. The van der Waals surface area contributed by atoms with Crippen molar-refractivity contribution in [2.75, 3.05) is 0 Å². The Balaban J connectivity index is 2.10. The molecular weight excluding hydrogens is 198 g/mol. The molecule has 16 heavy (non-hydrogen) atoms. The van der Waals surface area contributed by atoms with Gasteiger partial charge in [-0.1, -0.05) is 36.4 Å². The molecule has 0 aromatic heterocycles. The predicted molar refractivity (Wildman–Crippen MR) is 61.1 cm³/mol. The second-order valence-electron chi connectivity index (χ2n) is 3.81. The second kappa shape index (κ2) is 3.39. The van der Waals surface area contributed by atoms with Crippen molar-refractivity contribution < 1.29 is 4.74 Å². The summed E-state index contributed by atoms with van der Waals surface area (Å²) in [5, 5.41) is 8.81.